The summed E-state index contributed by atoms with van der Waals surface area (Å²) in [4.78, 5) is 11.2. The molecular formula is C17H14O4. The molecule has 0 aromatic heterocycles. The molecule has 1 N–H and O–H groups in total. The molecule has 0 amide bonds. The fraction of sp³-hybridized carbons (Fsp3) is 0.118. The molecule has 2 aromatic carbocycles. The van der Waals surface area contributed by atoms with E-state index in [1.54, 1.807) is 12.1 Å². The Bertz CT molecular complexity index is 681. The van der Waals surface area contributed by atoms with E-state index in [2.05, 4.69) is 11.8 Å². The van der Waals surface area contributed by atoms with Crippen molar-refractivity contribution in [2.24, 2.45) is 0 Å². The molecule has 4 nitrogen and oxygen atoms in total. The minimum absolute atomic E-state index is 0.0517. The molecule has 0 spiro atoms. The first-order chi connectivity index (χ1) is 10.2. The molecule has 0 aliphatic carbocycles. The number of hydrogen-bond donors (Lipinski definition) is 1. The van der Waals surface area contributed by atoms with E-state index in [1.165, 1.54) is 13.2 Å². The van der Waals surface area contributed by atoms with Crippen LogP contribution in [-0.2, 0) is 0 Å². The molecule has 0 bridgehead atoms. The highest BCUT2D eigenvalue weighted by atomic mass is 16.5. The lowest BCUT2D eigenvalue weighted by Gasteiger charge is -2.08. The molecule has 0 saturated heterocycles. The Kier molecular flexibility index (Phi) is 4.84. The number of hydrogen-bond acceptors (Lipinski definition) is 3. The lowest BCUT2D eigenvalue weighted by atomic mass is 10.2. The van der Waals surface area contributed by atoms with Crippen LogP contribution >= 0.6 is 0 Å². The summed E-state index contributed by atoms with van der Waals surface area (Å²) in [5, 5.41) is 9.15. The van der Waals surface area contributed by atoms with Gasteiger partial charge in [0.25, 0.3) is 0 Å². The maximum absolute atomic E-state index is 11.2. The number of ether oxygens (including phenoxy) is 2. The summed E-state index contributed by atoms with van der Waals surface area (Å²) in [7, 11) is 1.48. The third-order valence-corrected chi connectivity index (χ3v) is 2.72. The molecule has 0 unspecified atom stereocenters. The Labute approximate surface area is 122 Å². The Hall–Kier alpha value is -2.93. The summed E-state index contributed by atoms with van der Waals surface area (Å²) in [5.74, 6) is 5.45. The average molecular weight is 282 g/mol. The van der Waals surface area contributed by atoms with Gasteiger partial charge < -0.3 is 14.6 Å². The van der Waals surface area contributed by atoms with Gasteiger partial charge in [-0.2, -0.15) is 0 Å². The highest BCUT2D eigenvalue weighted by molar-refractivity contribution is 5.91. The normalized spacial score (nSPS) is 9.38. The number of rotatable bonds is 4. The number of aromatic carboxylic acids is 1. The molecule has 0 atom stereocenters. The minimum Gasteiger partial charge on any atom is -0.497 e. The van der Waals surface area contributed by atoms with Crippen molar-refractivity contribution >= 4 is 5.97 Å². The zero-order valence-corrected chi connectivity index (χ0v) is 11.5. The van der Waals surface area contributed by atoms with E-state index in [0.717, 1.165) is 5.56 Å². The van der Waals surface area contributed by atoms with Crippen molar-refractivity contribution in [3.63, 3.8) is 0 Å². The summed E-state index contributed by atoms with van der Waals surface area (Å²) in [6.07, 6.45) is 0. The predicted octanol–water partition coefficient (Wildman–Crippen LogP) is 2.82. The zero-order chi connectivity index (χ0) is 15.1. The summed E-state index contributed by atoms with van der Waals surface area (Å²) in [6.45, 7) is 0.113. The van der Waals surface area contributed by atoms with Crippen LogP contribution in [0.3, 0.4) is 0 Å². The maximum Gasteiger partial charge on any atom is 0.339 e. The first kappa shape index (κ1) is 14.5. The van der Waals surface area contributed by atoms with Crippen molar-refractivity contribution in [2.75, 3.05) is 13.7 Å². The molecule has 0 aliphatic heterocycles. The fourth-order valence-corrected chi connectivity index (χ4v) is 1.70. The zero-order valence-electron chi connectivity index (χ0n) is 11.5. The number of benzene rings is 2. The third-order valence-electron chi connectivity index (χ3n) is 2.72. The van der Waals surface area contributed by atoms with Crippen molar-refractivity contribution in [3.05, 3.63) is 59.7 Å². The Morgan fingerprint density at radius 1 is 1.19 bits per heavy atom. The molecule has 0 radical (unpaired) electrons. The lowest BCUT2D eigenvalue weighted by Crippen LogP contribution is -2.04. The second kappa shape index (κ2) is 7.01. The van der Waals surface area contributed by atoms with Crippen molar-refractivity contribution in [1.82, 2.24) is 0 Å². The predicted molar refractivity (Wildman–Crippen MR) is 78.8 cm³/mol. The Morgan fingerprint density at radius 2 is 1.95 bits per heavy atom. The van der Waals surface area contributed by atoms with Crippen LogP contribution in [0, 0.1) is 11.8 Å². The number of carbonyl (C=O) groups is 1. The van der Waals surface area contributed by atoms with Gasteiger partial charge in [0.2, 0.25) is 0 Å². The van der Waals surface area contributed by atoms with E-state index in [9.17, 15) is 4.79 Å². The van der Waals surface area contributed by atoms with Crippen molar-refractivity contribution < 1.29 is 19.4 Å². The molecule has 0 heterocycles. The summed E-state index contributed by atoms with van der Waals surface area (Å²) in [5.41, 5.74) is 0.935. The number of carboxylic acids is 1. The highest BCUT2D eigenvalue weighted by Crippen LogP contribution is 2.24. The fourth-order valence-electron chi connectivity index (χ4n) is 1.70. The maximum atomic E-state index is 11.2. The Morgan fingerprint density at radius 3 is 2.62 bits per heavy atom. The van der Waals surface area contributed by atoms with E-state index < -0.39 is 5.97 Å². The number of carboxylic acid groups (broad SMARTS) is 1. The molecule has 2 rings (SSSR count). The largest absolute Gasteiger partial charge is 0.497 e. The molecule has 106 valence electrons. The van der Waals surface area contributed by atoms with Crippen LogP contribution in [0.15, 0.2) is 48.5 Å². The van der Waals surface area contributed by atoms with Crippen LogP contribution in [0.5, 0.6) is 11.5 Å². The average Bonchev–Trinajstić information content (AvgIpc) is 2.52. The Balaban J connectivity index is 2.07. The van der Waals surface area contributed by atoms with E-state index in [4.69, 9.17) is 14.6 Å². The summed E-state index contributed by atoms with van der Waals surface area (Å²) >= 11 is 0. The van der Waals surface area contributed by atoms with Crippen molar-refractivity contribution in [1.29, 1.82) is 0 Å². The lowest BCUT2D eigenvalue weighted by molar-refractivity contribution is 0.0692. The van der Waals surface area contributed by atoms with Crippen LogP contribution in [0.1, 0.15) is 15.9 Å². The van der Waals surface area contributed by atoms with Gasteiger partial charge in [-0.3, -0.25) is 0 Å². The van der Waals surface area contributed by atoms with Gasteiger partial charge in [0.05, 0.1) is 7.11 Å². The first-order valence-corrected chi connectivity index (χ1v) is 6.29. The van der Waals surface area contributed by atoms with Crippen LogP contribution < -0.4 is 9.47 Å². The molecule has 2 aromatic rings. The molecular weight excluding hydrogens is 268 g/mol. The smallest absolute Gasteiger partial charge is 0.339 e. The molecule has 0 saturated carbocycles. The van der Waals surface area contributed by atoms with Crippen LogP contribution in [0.4, 0.5) is 0 Å². The number of methoxy groups -OCH3 is 1. The van der Waals surface area contributed by atoms with Crippen molar-refractivity contribution in [2.45, 2.75) is 0 Å². The van der Waals surface area contributed by atoms with Crippen LogP contribution in [0.25, 0.3) is 0 Å². The SMILES string of the molecule is COc1ccc(OCC#Cc2ccccc2)c(C(=O)O)c1. The van der Waals surface area contributed by atoms with Gasteiger partial charge in [-0.25, -0.2) is 4.79 Å². The van der Waals surface area contributed by atoms with Gasteiger partial charge in [0, 0.05) is 5.56 Å². The minimum atomic E-state index is -1.07. The van der Waals surface area contributed by atoms with Gasteiger partial charge in [-0.05, 0) is 30.3 Å². The van der Waals surface area contributed by atoms with Crippen LogP contribution in [-0.4, -0.2) is 24.8 Å². The van der Waals surface area contributed by atoms with E-state index in [0.29, 0.717) is 5.75 Å². The van der Waals surface area contributed by atoms with Gasteiger partial charge in [-0.1, -0.05) is 30.0 Å². The quantitative estimate of drug-likeness (QED) is 0.876. The second-order valence-corrected chi connectivity index (χ2v) is 4.12. The third kappa shape index (κ3) is 4.02. The first-order valence-electron chi connectivity index (χ1n) is 6.29. The van der Waals surface area contributed by atoms with E-state index in [-0.39, 0.29) is 17.9 Å². The standard InChI is InChI=1S/C17H14O4/c1-20-14-9-10-16(15(12-14)17(18)19)21-11-5-8-13-6-3-2-4-7-13/h2-4,6-7,9-10,12H,11H2,1H3,(H,18,19). The van der Waals surface area contributed by atoms with E-state index in [1.807, 2.05) is 30.3 Å². The van der Waals surface area contributed by atoms with Gasteiger partial charge in [0.15, 0.2) is 0 Å². The van der Waals surface area contributed by atoms with Gasteiger partial charge in [0.1, 0.15) is 23.7 Å². The topological polar surface area (TPSA) is 55.8 Å². The summed E-state index contributed by atoms with van der Waals surface area (Å²) in [6, 6.07) is 14.1. The van der Waals surface area contributed by atoms with Gasteiger partial charge in [-0.15, -0.1) is 0 Å². The highest BCUT2D eigenvalue weighted by Gasteiger charge is 2.12. The molecule has 21 heavy (non-hydrogen) atoms. The summed E-state index contributed by atoms with van der Waals surface area (Å²) < 4.78 is 10.4. The monoisotopic (exact) mass is 282 g/mol. The molecule has 4 heteroatoms. The second-order valence-electron chi connectivity index (χ2n) is 4.12. The van der Waals surface area contributed by atoms with Gasteiger partial charge >= 0.3 is 5.97 Å². The molecule has 0 aliphatic rings. The van der Waals surface area contributed by atoms with Crippen LogP contribution in [0.2, 0.25) is 0 Å². The molecule has 0 fully saturated rings. The van der Waals surface area contributed by atoms with Crippen molar-refractivity contribution in [3.8, 4) is 23.3 Å². The van der Waals surface area contributed by atoms with E-state index >= 15 is 0 Å².